The second-order valence-electron chi connectivity index (χ2n) is 6.36. The molecule has 0 bridgehead atoms. The number of aliphatic hydroxyl groups excluding tert-OH is 1. The van der Waals surface area contributed by atoms with E-state index in [1.807, 2.05) is 31.0 Å². The van der Waals surface area contributed by atoms with E-state index >= 15 is 0 Å². The monoisotopic (exact) mass is 321 g/mol. The summed E-state index contributed by atoms with van der Waals surface area (Å²) in [7, 11) is 1.86. The number of likely N-dealkylation sites (N-methyl/N-ethyl adjacent to an activating group) is 1. The van der Waals surface area contributed by atoms with E-state index < -0.39 is 11.6 Å². The van der Waals surface area contributed by atoms with Gasteiger partial charge in [-0.25, -0.2) is 4.98 Å². The predicted molar refractivity (Wildman–Crippen MR) is 88.1 cm³/mol. The molecule has 2 atom stereocenters. The molecule has 1 aromatic rings. The number of β-amino-alcohol motifs (C(OH)–C–C–N with tert-alkyl or cyclic N) is 1. The van der Waals surface area contributed by atoms with Gasteiger partial charge in [-0.05, 0) is 26.5 Å². The van der Waals surface area contributed by atoms with Gasteiger partial charge in [0.15, 0.2) is 0 Å². The van der Waals surface area contributed by atoms with Gasteiger partial charge in [-0.15, -0.1) is 0 Å². The Bertz CT molecular complexity index is 538. The van der Waals surface area contributed by atoms with Crippen LogP contribution in [-0.4, -0.2) is 52.7 Å². The fraction of sp³-hybridized carbons (Fsp3) is 0.647. The molecule has 1 saturated heterocycles. The molecular weight excluding hydrogens is 294 g/mol. The lowest BCUT2D eigenvalue weighted by atomic mass is 9.97. The molecule has 0 radical (unpaired) electrons. The van der Waals surface area contributed by atoms with Gasteiger partial charge >= 0.3 is 0 Å². The van der Waals surface area contributed by atoms with Crippen LogP contribution in [0, 0.1) is 0 Å². The maximum atomic E-state index is 12.5. The molecule has 0 aliphatic carbocycles. The Morgan fingerprint density at radius 2 is 2.39 bits per heavy atom. The first-order chi connectivity index (χ1) is 11.0. The smallest absolute Gasteiger partial charge is 0.240 e. The molecule has 0 spiro atoms. The van der Waals surface area contributed by atoms with Crippen LogP contribution >= 0.6 is 0 Å². The summed E-state index contributed by atoms with van der Waals surface area (Å²) in [4.78, 5) is 18.7. The van der Waals surface area contributed by atoms with Crippen molar-refractivity contribution >= 4 is 5.91 Å². The Kier molecular flexibility index (Phi) is 5.96. The average molecular weight is 321 g/mol. The number of aliphatic hydroxyl groups is 1. The van der Waals surface area contributed by atoms with E-state index in [-0.39, 0.29) is 5.91 Å². The zero-order chi connectivity index (χ0) is 16.9. The highest BCUT2D eigenvalue weighted by atomic mass is 16.5. The van der Waals surface area contributed by atoms with E-state index in [2.05, 4.69) is 17.2 Å². The van der Waals surface area contributed by atoms with Gasteiger partial charge in [-0.3, -0.25) is 9.69 Å². The Hall–Kier alpha value is -1.66. The molecule has 2 unspecified atom stereocenters. The maximum Gasteiger partial charge on any atom is 0.240 e. The normalized spacial score (nSPS) is 24.6. The van der Waals surface area contributed by atoms with Crippen molar-refractivity contribution in [1.82, 2.24) is 15.2 Å². The number of carbonyl (C=O) groups is 1. The van der Waals surface area contributed by atoms with Gasteiger partial charge in [-0.2, -0.15) is 0 Å². The molecule has 1 aliphatic rings. The summed E-state index contributed by atoms with van der Waals surface area (Å²) in [5.41, 5.74) is 0.187. The highest BCUT2D eigenvalue weighted by Crippen LogP contribution is 2.28. The van der Waals surface area contributed by atoms with Crippen molar-refractivity contribution in [2.45, 2.75) is 51.3 Å². The van der Waals surface area contributed by atoms with Gasteiger partial charge in [0, 0.05) is 31.3 Å². The van der Waals surface area contributed by atoms with Gasteiger partial charge in [-0.1, -0.05) is 19.4 Å². The Morgan fingerprint density at radius 3 is 3.04 bits per heavy atom. The van der Waals surface area contributed by atoms with E-state index in [1.54, 1.807) is 6.20 Å². The molecule has 1 amide bonds. The van der Waals surface area contributed by atoms with Crippen LogP contribution in [0.4, 0.5) is 0 Å². The third kappa shape index (κ3) is 4.20. The van der Waals surface area contributed by atoms with Crippen LogP contribution in [0.15, 0.2) is 18.3 Å². The van der Waals surface area contributed by atoms with Crippen LogP contribution < -0.4 is 10.1 Å². The van der Waals surface area contributed by atoms with Crippen molar-refractivity contribution in [2.24, 2.45) is 0 Å². The molecule has 1 aromatic heterocycles. The minimum Gasteiger partial charge on any atom is -0.477 e. The van der Waals surface area contributed by atoms with Crippen LogP contribution in [-0.2, 0) is 11.3 Å². The number of carbonyl (C=O) groups excluding carboxylic acids is 1. The average Bonchev–Trinajstić information content (AvgIpc) is 2.80. The summed E-state index contributed by atoms with van der Waals surface area (Å²) in [5, 5.41) is 12.7. The number of unbranched alkanes of at least 4 members (excludes halogenated alkanes) is 1. The molecule has 0 aromatic carbocycles. The molecule has 6 heteroatoms. The van der Waals surface area contributed by atoms with E-state index in [0.717, 1.165) is 18.4 Å². The van der Waals surface area contributed by atoms with Gasteiger partial charge in [0.25, 0.3) is 0 Å². The van der Waals surface area contributed by atoms with E-state index in [1.165, 1.54) is 0 Å². The Balaban J connectivity index is 1.96. The van der Waals surface area contributed by atoms with Gasteiger partial charge < -0.3 is 15.2 Å². The van der Waals surface area contributed by atoms with Crippen LogP contribution in [0.25, 0.3) is 0 Å². The number of hydrogen-bond donors (Lipinski definition) is 2. The number of amides is 1. The van der Waals surface area contributed by atoms with Crippen LogP contribution in [0.1, 0.15) is 38.7 Å². The lowest BCUT2D eigenvalue weighted by Crippen LogP contribution is -2.51. The molecule has 1 fully saturated rings. The molecular formula is C17H27N3O3. The summed E-state index contributed by atoms with van der Waals surface area (Å²) in [6, 6.07) is 3.74. The molecule has 128 valence electrons. The zero-order valence-corrected chi connectivity index (χ0v) is 14.2. The lowest BCUT2D eigenvalue weighted by molar-refractivity contribution is -0.130. The van der Waals surface area contributed by atoms with E-state index in [9.17, 15) is 9.90 Å². The topological polar surface area (TPSA) is 74.7 Å². The Morgan fingerprint density at radius 1 is 1.61 bits per heavy atom. The van der Waals surface area contributed by atoms with Gasteiger partial charge in [0.2, 0.25) is 11.8 Å². The van der Waals surface area contributed by atoms with Crippen molar-refractivity contribution < 1.29 is 14.6 Å². The fourth-order valence-electron chi connectivity index (χ4n) is 2.83. The van der Waals surface area contributed by atoms with Crippen molar-refractivity contribution in [1.29, 1.82) is 0 Å². The van der Waals surface area contributed by atoms with Crippen molar-refractivity contribution in [3.63, 3.8) is 0 Å². The number of nitrogens with zero attached hydrogens (tertiary/aromatic N) is 2. The predicted octanol–water partition coefficient (Wildman–Crippen LogP) is 1.33. The molecule has 6 nitrogen and oxygen atoms in total. The summed E-state index contributed by atoms with van der Waals surface area (Å²) in [5.74, 6) is 0.492. The molecule has 2 N–H and O–H groups in total. The number of nitrogens with one attached hydrogen (secondary N) is 1. The first kappa shape index (κ1) is 17.7. The first-order valence-corrected chi connectivity index (χ1v) is 8.21. The zero-order valence-electron chi connectivity index (χ0n) is 14.2. The van der Waals surface area contributed by atoms with E-state index in [0.29, 0.717) is 32.0 Å². The van der Waals surface area contributed by atoms with Crippen LogP contribution in [0.2, 0.25) is 0 Å². The standard InChI is InChI=1S/C17H27N3O3/c1-4-5-9-23-15-13(7-6-8-18-15)11-19-16(22)17(2)10-14(21)12-20(17)3/h6-8,14,21H,4-5,9-12H2,1-3H3,(H,19,22). The molecule has 2 heterocycles. The van der Waals surface area contributed by atoms with Crippen molar-refractivity contribution in [3.05, 3.63) is 23.9 Å². The highest BCUT2D eigenvalue weighted by molar-refractivity contribution is 5.86. The molecule has 1 aliphatic heterocycles. The SMILES string of the molecule is CCCCOc1ncccc1CNC(=O)C1(C)CC(O)CN1C. The number of aromatic nitrogens is 1. The number of likely N-dealkylation sites (tertiary alicyclic amines) is 1. The number of rotatable bonds is 7. The summed E-state index contributed by atoms with van der Waals surface area (Å²) in [6.45, 7) is 5.48. The second kappa shape index (κ2) is 7.75. The minimum absolute atomic E-state index is 0.0834. The minimum atomic E-state index is -0.676. The van der Waals surface area contributed by atoms with E-state index in [4.69, 9.17) is 4.74 Å². The summed E-state index contributed by atoms with van der Waals surface area (Å²) < 4.78 is 5.69. The van der Waals surface area contributed by atoms with Gasteiger partial charge in [0.05, 0.1) is 18.2 Å². The van der Waals surface area contributed by atoms with Crippen molar-refractivity contribution in [3.8, 4) is 5.88 Å². The summed E-state index contributed by atoms with van der Waals surface area (Å²) >= 11 is 0. The number of ether oxygens (including phenoxy) is 1. The quantitative estimate of drug-likeness (QED) is 0.741. The highest BCUT2D eigenvalue weighted by Gasteiger charge is 2.44. The van der Waals surface area contributed by atoms with Crippen molar-refractivity contribution in [2.75, 3.05) is 20.2 Å². The third-order valence-corrected chi connectivity index (χ3v) is 4.48. The first-order valence-electron chi connectivity index (χ1n) is 8.21. The molecule has 2 rings (SSSR count). The molecule has 23 heavy (non-hydrogen) atoms. The number of hydrogen-bond acceptors (Lipinski definition) is 5. The largest absolute Gasteiger partial charge is 0.477 e. The third-order valence-electron chi connectivity index (χ3n) is 4.48. The molecule has 0 saturated carbocycles. The van der Waals surface area contributed by atoms with Crippen LogP contribution in [0.5, 0.6) is 5.88 Å². The summed E-state index contributed by atoms with van der Waals surface area (Å²) in [6.07, 6.45) is 3.72. The second-order valence-corrected chi connectivity index (χ2v) is 6.36. The van der Waals surface area contributed by atoms with Crippen LogP contribution in [0.3, 0.4) is 0 Å². The fourth-order valence-corrected chi connectivity index (χ4v) is 2.83. The van der Waals surface area contributed by atoms with Gasteiger partial charge in [0.1, 0.15) is 0 Å². The number of pyridine rings is 1. The lowest BCUT2D eigenvalue weighted by Gasteiger charge is -2.30. The Labute approximate surface area is 137 Å². The maximum absolute atomic E-state index is 12.5.